The van der Waals surface area contributed by atoms with Gasteiger partial charge in [0.15, 0.2) is 5.82 Å². The van der Waals surface area contributed by atoms with E-state index >= 15 is 0 Å². The molecule has 4 rings (SSSR count). The lowest BCUT2D eigenvalue weighted by Gasteiger charge is -2.14. The number of fused-ring (bicyclic) bond motifs is 1. The molecule has 1 aliphatic rings. The normalized spacial score (nSPS) is 13.6. The zero-order chi connectivity index (χ0) is 15.8. The first-order valence-corrected chi connectivity index (χ1v) is 8.50. The van der Waals surface area contributed by atoms with Gasteiger partial charge in [0.2, 0.25) is 5.16 Å². The molecular weight excluding hydrogens is 304 g/mol. The Hall–Kier alpha value is -2.40. The lowest BCUT2D eigenvalue weighted by molar-refractivity contribution is 0.762. The van der Waals surface area contributed by atoms with Gasteiger partial charge in [-0.3, -0.25) is 0 Å². The number of hydrogen-bond donors (Lipinski definition) is 0. The number of aromatic nitrogens is 3. The molecule has 1 aliphatic heterocycles. The van der Waals surface area contributed by atoms with Crippen LogP contribution in [0, 0.1) is 13.8 Å². The minimum atomic E-state index is 0.801. The van der Waals surface area contributed by atoms with Gasteiger partial charge in [0.1, 0.15) is 0 Å². The van der Waals surface area contributed by atoms with E-state index in [1.165, 1.54) is 11.1 Å². The molecule has 0 spiro atoms. The van der Waals surface area contributed by atoms with E-state index < -0.39 is 0 Å². The summed E-state index contributed by atoms with van der Waals surface area (Å²) in [5.74, 6) is 1.62. The highest BCUT2D eigenvalue weighted by atomic mass is 32.2. The second-order valence-electron chi connectivity index (χ2n) is 5.63. The molecule has 114 valence electrons. The van der Waals surface area contributed by atoms with Gasteiger partial charge in [-0.25, -0.2) is 0 Å². The maximum absolute atomic E-state index is 4.81. The number of nitrogens with zero attached hydrogens (tertiary/aromatic N) is 4. The first kappa shape index (κ1) is 14.2. The van der Waals surface area contributed by atoms with Crippen molar-refractivity contribution in [1.29, 1.82) is 0 Å². The summed E-state index contributed by atoms with van der Waals surface area (Å²) in [5.41, 5.74) is 5.70. The highest BCUT2D eigenvalue weighted by Gasteiger charge is 2.21. The summed E-state index contributed by atoms with van der Waals surface area (Å²) in [6.07, 6.45) is 0. The van der Waals surface area contributed by atoms with Crippen LogP contribution in [0.2, 0.25) is 0 Å². The van der Waals surface area contributed by atoms with E-state index in [0.29, 0.717) is 0 Å². The second-order valence-corrected chi connectivity index (χ2v) is 6.58. The van der Waals surface area contributed by atoms with Crippen LogP contribution >= 0.6 is 11.8 Å². The largest absolute Gasteiger partial charge is 0.212 e. The Bertz CT molecular complexity index is 894. The van der Waals surface area contributed by atoms with Crippen molar-refractivity contribution in [3.05, 3.63) is 65.2 Å². The minimum Gasteiger partial charge on any atom is -0.187 e. The summed E-state index contributed by atoms with van der Waals surface area (Å²) in [5, 5.41) is 14.3. The summed E-state index contributed by atoms with van der Waals surface area (Å²) in [7, 11) is 0. The fourth-order valence-corrected chi connectivity index (χ4v) is 3.45. The van der Waals surface area contributed by atoms with Gasteiger partial charge in [-0.05, 0) is 25.0 Å². The highest BCUT2D eigenvalue weighted by Crippen LogP contribution is 2.29. The highest BCUT2D eigenvalue weighted by molar-refractivity contribution is 7.99. The molecule has 0 fully saturated rings. The van der Waals surface area contributed by atoms with Crippen LogP contribution in [0.1, 0.15) is 16.7 Å². The van der Waals surface area contributed by atoms with Crippen molar-refractivity contribution in [1.82, 2.24) is 14.9 Å². The van der Waals surface area contributed by atoms with Crippen LogP contribution in [0.4, 0.5) is 0 Å². The molecule has 0 aliphatic carbocycles. The molecule has 3 aromatic rings. The number of thioether (sulfide) groups is 1. The molecule has 0 saturated carbocycles. The Labute approximate surface area is 139 Å². The molecule has 0 bridgehead atoms. The van der Waals surface area contributed by atoms with E-state index in [0.717, 1.165) is 33.6 Å². The maximum atomic E-state index is 4.81. The fourth-order valence-electron chi connectivity index (χ4n) is 2.61. The van der Waals surface area contributed by atoms with Crippen LogP contribution in [0.5, 0.6) is 0 Å². The lowest BCUT2D eigenvalue weighted by Crippen LogP contribution is -2.13. The van der Waals surface area contributed by atoms with Crippen molar-refractivity contribution in [2.24, 2.45) is 5.10 Å². The van der Waals surface area contributed by atoms with Crippen molar-refractivity contribution < 1.29 is 0 Å². The molecule has 0 amide bonds. The van der Waals surface area contributed by atoms with Crippen molar-refractivity contribution >= 4 is 17.5 Å². The van der Waals surface area contributed by atoms with E-state index in [9.17, 15) is 0 Å². The van der Waals surface area contributed by atoms with Crippen molar-refractivity contribution in [2.45, 2.75) is 19.0 Å². The van der Waals surface area contributed by atoms with Crippen LogP contribution in [0.3, 0.4) is 0 Å². The molecule has 0 N–H and O–H groups in total. The molecule has 0 atom stereocenters. The molecular formula is C18H16N4S. The Morgan fingerprint density at radius 3 is 2.52 bits per heavy atom. The van der Waals surface area contributed by atoms with Crippen LogP contribution in [0.25, 0.3) is 11.4 Å². The smallest absolute Gasteiger partial charge is 0.187 e. The monoisotopic (exact) mass is 320 g/mol. The summed E-state index contributed by atoms with van der Waals surface area (Å²) >= 11 is 1.68. The first-order valence-electron chi connectivity index (χ1n) is 7.51. The number of benzene rings is 2. The third kappa shape index (κ3) is 2.57. The van der Waals surface area contributed by atoms with Gasteiger partial charge in [0.25, 0.3) is 0 Å². The Morgan fingerprint density at radius 1 is 0.957 bits per heavy atom. The molecule has 0 radical (unpaired) electrons. The van der Waals surface area contributed by atoms with Gasteiger partial charge in [-0.1, -0.05) is 65.9 Å². The minimum absolute atomic E-state index is 0.801. The molecule has 5 heteroatoms. The van der Waals surface area contributed by atoms with Crippen molar-refractivity contribution in [2.75, 3.05) is 5.75 Å². The molecule has 1 aromatic heterocycles. The summed E-state index contributed by atoms with van der Waals surface area (Å²) in [6, 6.07) is 16.7. The molecule has 2 aromatic carbocycles. The lowest BCUT2D eigenvalue weighted by atomic mass is 10.1. The third-order valence-corrected chi connectivity index (χ3v) is 4.87. The van der Waals surface area contributed by atoms with Crippen molar-refractivity contribution in [3.8, 4) is 11.4 Å². The summed E-state index contributed by atoms with van der Waals surface area (Å²) in [6.45, 7) is 4.17. The Morgan fingerprint density at radius 2 is 1.74 bits per heavy atom. The van der Waals surface area contributed by atoms with Crippen LogP contribution in [0.15, 0.2) is 58.8 Å². The summed E-state index contributed by atoms with van der Waals surface area (Å²) in [4.78, 5) is 0. The third-order valence-electron chi connectivity index (χ3n) is 3.94. The quantitative estimate of drug-likeness (QED) is 0.719. The predicted octanol–water partition coefficient (Wildman–Crippen LogP) is 3.92. The maximum Gasteiger partial charge on any atom is 0.212 e. The van der Waals surface area contributed by atoms with Gasteiger partial charge < -0.3 is 0 Å². The Kier molecular flexibility index (Phi) is 3.50. The van der Waals surface area contributed by atoms with E-state index in [2.05, 4.69) is 60.4 Å². The van der Waals surface area contributed by atoms with Crippen LogP contribution in [-0.2, 0) is 0 Å². The molecule has 2 heterocycles. The van der Waals surface area contributed by atoms with E-state index in [4.69, 9.17) is 5.10 Å². The van der Waals surface area contributed by atoms with E-state index in [-0.39, 0.29) is 0 Å². The fraction of sp³-hybridized carbons (Fsp3) is 0.167. The zero-order valence-electron chi connectivity index (χ0n) is 13.0. The van der Waals surface area contributed by atoms with Gasteiger partial charge in [-0.2, -0.15) is 9.78 Å². The van der Waals surface area contributed by atoms with Crippen molar-refractivity contribution in [3.63, 3.8) is 0 Å². The Balaban J connectivity index is 1.81. The molecule has 0 unspecified atom stereocenters. The van der Waals surface area contributed by atoms with Gasteiger partial charge in [0.05, 0.1) is 5.71 Å². The average Bonchev–Trinajstić information content (AvgIpc) is 2.99. The topological polar surface area (TPSA) is 43.1 Å². The SMILES string of the molecule is Cc1ccc(C2=Nn3c(nnc3-c3ccccc3C)SC2)cc1. The van der Waals surface area contributed by atoms with E-state index in [1.54, 1.807) is 11.8 Å². The van der Waals surface area contributed by atoms with Gasteiger partial charge in [0, 0.05) is 11.3 Å². The number of aryl methyl sites for hydroxylation is 2. The first-order chi connectivity index (χ1) is 11.2. The number of rotatable bonds is 2. The number of hydrogen-bond acceptors (Lipinski definition) is 4. The zero-order valence-corrected chi connectivity index (χ0v) is 13.8. The average molecular weight is 320 g/mol. The van der Waals surface area contributed by atoms with Crippen LogP contribution in [-0.4, -0.2) is 26.3 Å². The molecule has 23 heavy (non-hydrogen) atoms. The predicted molar refractivity (Wildman–Crippen MR) is 94.0 cm³/mol. The molecule has 0 saturated heterocycles. The van der Waals surface area contributed by atoms with E-state index in [1.807, 2.05) is 16.8 Å². The van der Waals surface area contributed by atoms with Crippen LogP contribution < -0.4 is 0 Å². The van der Waals surface area contributed by atoms with Gasteiger partial charge in [-0.15, -0.1) is 10.2 Å². The van der Waals surface area contributed by atoms with Gasteiger partial charge >= 0.3 is 0 Å². The standard InChI is InChI=1S/C18H16N4S/c1-12-7-9-14(10-8-12)16-11-23-18-20-19-17(22(18)21-16)15-6-4-3-5-13(15)2/h3-10H,11H2,1-2H3. The summed E-state index contributed by atoms with van der Waals surface area (Å²) < 4.78 is 1.87. The second kappa shape index (κ2) is 5.66. The molecule has 4 nitrogen and oxygen atoms in total.